The van der Waals surface area contributed by atoms with Crippen LogP contribution in [0.2, 0.25) is 0 Å². The lowest BCUT2D eigenvalue weighted by molar-refractivity contribution is -0.119. The Morgan fingerprint density at radius 3 is 2.50 bits per heavy atom. The topological polar surface area (TPSA) is 97.0 Å². The number of carbonyl (C=O) groups is 2. The molecule has 1 amide bonds. The Hall–Kier alpha value is -4.37. The van der Waals surface area contributed by atoms with Crippen LogP contribution < -0.4 is 5.32 Å². The van der Waals surface area contributed by atoms with Crippen LogP contribution in [-0.4, -0.2) is 33.4 Å². The number of aromatic nitrogens is 3. The van der Waals surface area contributed by atoms with E-state index in [4.69, 9.17) is 4.74 Å². The number of rotatable bonds is 7. The molecule has 180 valence electrons. The summed E-state index contributed by atoms with van der Waals surface area (Å²) in [6.45, 7) is 1.65. The average molecular weight is 501 g/mol. The number of amides is 1. The van der Waals surface area contributed by atoms with Crippen molar-refractivity contribution in [2.24, 2.45) is 0 Å². The van der Waals surface area contributed by atoms with Gasteiger partial charge in [-0.15, -0.1) is 11.3 Å². The number of hydrogen-bond acceptors (Lipinski definition) is 6. The number of esters is 1. The van der Waals surface area contributed by atoms with Gasteiger partial charge in [0, 0.05) is 16.5 Å². The van der Waals surface area contributed by atoms with Gasteiger partial charge in [0.2, 0.25) is 0 Å². The molecule has 0 aliphatic heterocycles. The zero-order chi connectivity index (χ0) is 25.1. The molecule has 0 saturated carbocycles. The van der Waals surface area contributed by atoms with E-state index >= 15 is 0 Å². The Kier molecular flexibility index (Phi) is 6.55. The average Bonchev–Trinajstić information content (AvgIpc) is 3.54. The van der Waals surface area contributed by atoms with Crippen LogP contribution in [0.4, 0.5) is 9.52 Å². The fraction of sp³-hybridized carbons (Fsp3) is 0.111. The molecule has 5 aromatic rings. The Bertz CT molecular complexity index is 1540. The van der Waals surface area contributed by atoms with Gasteiger partial charge in [-0.05, 0) is 54.4 Å². The van der Waals surface area contributed by atoms with Gasteiger partial charge in [-0.1, -0.05) is 31.2 Å². The molecule has 0 radical (unpaired) electrons. The molecule has 0 atom stereocenters. The minimum atomic E-state index is -0.638. The van der Waals surface area contributed by atoms with Crippen molar-refractivity contribution >= 4 is 39.4 Å². The van der Waals surface area contributed by atoms with Crippen molar-refractivity contribution in [1.29, 1.82) is 0 Å². The molecule has 9 heteroatoms. The van der Waals surface area contributed by atoms with Gasteiger partial charge in [0.25, 0.3) is 5.91 Å². The lowest BCUT2D eigenvalue weighted by Crippen LogP contribution is -2.20. The monoisotopic (exact) mass is 500 g/mol. The second-order valence-corrected chi connectivity index (χ2v) is 8.90. The van der Waals surface area contributed by atoms with Crippen molar-refractivity contribution in [2.75, 3.05) is 11.9 Å². The number of H-pyrrole nitrogens is 1. The zero-order valence-electron chi connectivity index (χ0n) is 19.2. The van der Waals surface area contributed by atoms with E-state index in [1.807, 2.05) is 17.5 Å². The molecular weight excluding hydrogens is 479 g/mol. The number of ether oxygens (including phenoxy) is 1. The third kappa shape index (κ3) is 5.16. The van der Waals surface area contributed by atoms with Crippen molar-refractivity contribution in [3.8, 4) is 22.6 Å². The normalized spacial score (nSPS) is 10.9. The van der Waals surface area contributed by atoms with Gasteiger partial charge in [-0.25, -0.2) is 19.2 Å². The van der Waals surface area contributed by atoms with Crippen LogP contribution in [0.25, 0.3) is 33.7 Å². The number of thiazole rings is 1. The molecule has 2 N–H and O–H groups in total. The molecule has 36 heavy (non-hydrogen) atoms. The van der Waals surface area contributed by atoms with Crippen LogP contribution in [0.5, 0.6) is 0 Å². The van der Waals surface area contributed by atoms with Crippen molar-refractivity contribution < 1.29 is 18.7 Å². The number of nitrogens with one attached hydrogen (secondary N) is 2. The summed E-state index contributed by atoms with van der Waals surface area (Å²) in [4.78, 5) is 36.8. The number of aryl methyl sites for hydroxylation is 1. The number of aromatic amines is 1. The van der Waals surface area contributed by atoms with Crippen LogP contribution in [0.3, 0.4) is 0 Å². The summed E-state index contributed by atoms with van der Waals surface area (Å²) in [6.07, 6.45) is 0.962. The van der Waals surface area contributed by atoms with Gasteiger partial charge in [-0.2, -0.15) is 0 Å². The smallest absolute Gasteiger partial charge is 0.338 e. The highest BCUT2D eigenvalue weighted by Gasteiger charge is 2.14. The van der Waals surface area contributed by atoms with Crippen LogP contribution in [0, 0.1) is 5.82 Å². The summed E-state index contributed by atoms with van der Waals surface area (Å²) >= 11 is 1.30. The summed E-state index contributed by atoms with van der Waals surface area (Å²) in [5.74, 6) is -0.896. The molecule has 0 fully saturated rings. The maximum Gasteiger partial charge on any atom is 0.338 e. The summed E-state index contributed by atoms with van der Waals surface area (Å²) in [5, 5.41) is 4.96. The van der Waals surface area contributed by atoms with E-state index in [2.05, 4.69) is 39.3 Å². The predicted molar refractivity (Wildman–Crippen MR) is 137 cm³/mol. The molecule has 2 aromatic heterocycles. The number of nitrogens with zero attached hydrogens (tertiary/aromatic N) is 2. The first-order chi connectivity index (χ1) is 17.5. The number of carbonyl (C=O) groups excluding carboxylic acids is 2. The van der Waals surface area contributed by atoms with E-state index in [0.717, 1.165) is 23.2 Å². The summed E-state index contributed by atoms with van der Waals surface area (Å²) < 4.78 is 18.4. The Morgan fingerprint density at radius 1 is 1.00 bits per heavy atom. The molecule has 2 heterocycles. The third-order valence-electron chi connectivity index (χ3n) is 5.58. The van der Waals surface area contributed by atoms with E-state index in [9.17, 15) is 14.0 Å². The second kappa shape index (κ2) is 10.1. The van der Waals surface area contributed by atoms with Gasteiger partial charge in [-0.3, -0.25) is 10.1 Å². The van der Waals surface area contributed by atoms with Gasteiger partial charge in [0.15, 0.2) is 11.7 Å². The van der Waals surface area contributed by atoms with E-state index in [1.165, 1.54) is 29.0 Å². The number of fused-ring (bicyclic) bond motifs is 1. The van der Waals surface area contributed by atoms with Gasteiger partial charge in [0.05, 0.1) is 22.3 Å². The summed E-state index contributed by atoms with van der Waals surface area (Å²) in [6, 6.07) is 18.9. The first kappa shape index (κ1) is 23.4. The standard InChI is InChI=1S/C27H21FN4O3S/c1-2-16-3-5-17(6-4-16)23-15-36-27(31-23)32-24(33)14-35-26(34)19-9-12-21-22(13-19)30-25(29-21)18-7-10-20(28)11-8-18/h3-13,15H,2,14H2,1H3,(H,29,30)(H,31,32,33). The maximum atomic E-state index is 13.2. The first-order valence-electron chi connectivity index (χ1n) is 11.3. The Labute approximate surface area is 210 Å². The molecule has 7 nitrogen and oxygen atoms in total. The van der Waals surface area contributed by atoms with Crippen LogP contribution in [-0.2, 0) is 16.0 Å². The molecule has 0 unspecified atom stereocenters. The van der Waals surface area contributed by atoms with Crippen LogP contribution >= 0.6 is 11.3 Å². The van der Waals surface area contributed by atoms with Crippen molar-refractivity contribution in [3.05, 3.63) is 89.1 Å². The molecule has 0 saturated heterocycles. The fourth-order valence-electron chi connectivity index (χ4n) is 3.63. The van der Waals surface area contributed by atoms with Gasteiger partial charge >= 0.3 is 5.97 Å². The minimum Gasteiger partial charge on any atom is -0.452 e. The predicted octanol–water partition coefficient (Wildman–Crippen LogP) is 5.85. The van der Waals surface area contributed by atoms with Gasteiger partial charge < -0.3 is 9.72 Å². The summed E-state index contributed by atoms with van der Waals surface area (Å²) in [5.41, 5.74) is 5.23. The van der Waals surface area contributed by atoms with Gasteiger partial charge in [0.1, 0.15) is 11.6 Å². The van der Waals surface area contributed by atoms with E-state index < -0.39 is 18.5 Å². The van der Waals surface area contributed by atoms with Crippen LogP contribution in [0.15, 0.2) is 72.1 Å². The number of halogens is 1. The number of imidazole rings is 1. The Morgan fingerprint density at radius 2 is 1.75 bits per heavy atom. The van der Waals surface area contributed by atoms with Crippen molar-refractivity contribution in [3.63, 3.8) is 0 Å². The molecular formula is C27H21FN4O3S. The summed E-state index contributed by atoms with van der Waals surface area (Å²) in [7, 11) is 0. The lowest BCUT2D eigenvalue weighted by Gasteiger charge is -2.05. The fourth-order valence-corrected chi connectivity index (χ4v) is 4.36. The molecule has 0 aliphatic rings. The van der Waals surface area contributed by atoms with Crippen molar-refractivity contribution in [2.45, 2.75) is 13.3 Å². The van der Waals surface area contributed by atoms with E-state index in [-0.39, 0.29) is 11.4 Å². The molecule has 5 rings (SSSR count). The van der Waals surface area contributed by atoms with Crippen molar-refractivity contribution in [1.82, 2.24) is 15.0 Å². The quantitative estimate of drug-likeness (QED) is 0.273. The highest BCUT2D eigenvalue weighted by Crippen LogP contribution is 2.25. The highest BCUT2D eigenvalue weighted by atomic mass is 32.1. The molecule has 3 aromatic carbocycles. The maximum absolute atomic E-state index is 13.2. The van der Waals surface area contributed by atoms with E-state index in [0.29, 0.717) is 22.0 Å². The van der Waals surface area contributed by atoms with E-state index in [1.54, 1.807) is 30.3 Å². The number of hydrogen-bond donors (Lipinski definition) is 2. The molecule has 0 spiro atoms. The molecule has 0 aliphatic carbocycles. The molecule has 0 bridgehead atoms. The Balaban J connectivity index is 1.19. The second-order valence-electron chi connectivity index (χ2n) is 8.04. The first-order valence-corrected chi connectivity index (χ1v) is 12.1. The third-order valence-corrected chi connectivity index (χ3v) is 6.34. The highest BCUT2D eigenvalue weighted by molar-refractivity contribution is 7.14. The number of benzene rings is 3. The number of anilines is 1. The largest absolute Gasteiger partial charge is 0.452 e. The minimum absolute atomic E-state index is 0.275. The SMILES string of the molecule is CCc1ccc(-c2csc(NC(=O)COC(=O)c3ccc4nc(-c5ccc(F)cc5)[nH]c4c3)n2)cc1. The zero-order valence-corrected chi connectivity index (χ0v) is 20.1. The lowest BCUT2D eigenvalue weighted by atomic mass is 10.1. The van der Waals surface area contributed by atoms with Crippen LogP contribution in [0.1, 0.15) is 22.8 Å².